The van der Waals surface area contributed by atoms with Crippen LogP contribution in [0.4, 0.5) is 0 Å². The van der Waals surface area contributed by atoms with Gasteiger partial charge in [0.05, 0.1) is 11.8 Å². The van der Waals surface area contributed by atoms with Crippen molar-refractivity contribution in [1.82, 2.24) is 0 Å². The van der Waals surface area contributed by atoms with E-state index in [1.807, 2.05) is 6.92 Å². The maximum Gasteiger partial charge on any atom is 0.310 e. The maximum absolute atomic E-state index is 11.2. The van der Waals surface area contributed by atoms with E-state index in [0.29, 0.717) is 6.16 Å². The number of hydrogen-bond acceptors (Lipinski definition) is 6. The average Bonchev–Trinajstić information content (AvgIpc) is 2.35. The molecule has 0 bridgehead atoms. The lowest BCUT2D eigenvalue weighted by Gasteiger charge is -2.16. The van der Waals surface area contributed by atoms with E-state index >= 15 is 0 Å². The van der Waals surface area contributed by atoms with Crippen molar-refractivity contribution in [3.63, 3.8) is 0 Å². The van der Waals surface area contributed by atoms with Crippen LogP contribution in [0.25, 0.3) is 0 Å². The van der Waals surface area contributed by atoms with E-state index in [9.17, 15) is 9.59 Å². The molecule has 0 aromatic carbocycles. The third-order valence-corrected chi connectivity index (χ3v) is 3.30. The molecule has 0 aliphatic carbocycles. The van der Waals surface area contributed by atoms with E-state index in [1.54, 1.807) is 27.7 Å². The lowest BCUT2D eigenvalue weighted by atomic mass is 10.2. The van der Waals surface area contributed by atoms with E-state index in [2.05, 4.69) is 0 Å². The molecule has 0 N–H and O–H groups in total. The normalized spacial score (nSPS) is 11.2. The van der Waals surface area contributed by atoms with Crippen molar-refractivity contribution in [3.8, 4) is 0 Å². The Morgan fingerprint density at radius 3 is 1.53 bits per heavy atom. The summed E-state index contributed by atoms with van der Waals surface area (Å²) in [5, 5.41) is 0. The second-order valence-corrected chi connectivity index (χ2v) is 6.19. The minimum Gasteiger partial charge on any atom is -0.438 e. The standard InChI is InChI=1S/C12H23O6P/c1-6-19(17-7-15-11(13)9(2)3)18-8-16-12(14)10(4)5/h9-10H,6-8H2,1-5H3. The second-order valence-electron chi connectivity index (χ2n) is 4.38. The van der Waals surface area contributed by atoms with E-state index in [-0.39, 0.29) is 37.4 Å². The summed E-state index contributed by atoms with van der Waals surface area (Å²) in [6.07, 6.45) is 0.619. The summed E-state index contributed by atoms with van der Waals surface area (Å²) < 4.78 is 20.3. The Hall–Kier alpha value is -0.710. The Kier molecular flexibility index (Phi) is 9.74. The smallest absolute Gasteiger partial charge is 0.310 e. The van der Waals surface area contributed by atoms with Crippen molar-refractivity contribution >= 4 is 20.3 Å². The van der Waals surface area contributed by atoms with Gasteiger partial charge in [0.1, 0.15) is 0 Å². The topological polar surface area (TPSA) is 71.1 Å². The predicted molar refractivity (Wildman–Crippen MR) is 71.2 cm³/mol. The Labute approximate surface area is 115 Å². The largest absolute Gasteiger partial charge is 0.438 e. The average molecular weight is 294 g/mol. The minimum absolute atomic E-state index is 0.144. The molecule has 19 heavy (non-hydrogen) atoms. The van der Waals surface area contributed by atoms with Crippen molar-refractivity contribution in [1.29, 1.82) is 0 Å². The third-order valence-electron chi connectivity index (χ3n) is 2.00. The van der Waals surface area contributed by atoms with Gasteiger partial charge in [-0.25, -0.2) is 0 Å². The number of rotatable bonds is 9. The molecule has 0 spiro atoms. The Balaban J connectivity index is 3.78. The molecule has 7 heteroatoms. The number of esters is 2. The van der Waals surface area contributed by atoms with Crippen LogP contribution in [0.2, 0.25) is 0 Å². The first-order valence-corrected chi connectivity index (χ1v) is 7.61. The van der Waals surface area contributed by atoms with Crippen LogP contribution in [-0.2, 0) is 28.1 Å². The van der Waals surface area contributed by atoms with Crippen LogP contribution in [0.5, 0.6) is 0 Å². The maximum atomic E-state index is 11.2. The fourth-order valence-electron chi connectivity index (χ4n) is 0.840. The van der Waals surface area contributed by atoms with Crippen LogP contribution in [0.1, 0.15) is 34.6 Å². The summed E-state index contributed by atoms with van der Waals surface area (Å²) in [5.41, 5.74) is 0. The Morgan fingerprint density at radius 1 is 0.895 bits per heavy atom. The molecule has 0 aliphatic rings. The van der Waals surface area contributed by atoms with Gasteiger partial charge >= 0.3 is 11.9 Å². The Bertz CT molecular complexity index is 253. The molecular weight excluding hydrogens is 271 g/mol. The van der Waals surface area contributed by atoms with Crippen LogP contribution >= 0.6 is 8.38 Å². The van der Waals surface area contributed by atoms with Gasteiger partial charge < -0.3 is 9.47 Å². The molecule has 0 unspecified atom stereocenters. The predicted octanol–water partition coefficient (Wildman–Crippen LogP) is 2.66. The van der Waals surface area contributed by atoms with E-state index in [1.165, 1.54) is 0 Å². The molecule has 0 rings (SSSR count). The first-order valence-electron chi connectivity index (χ1n) is 6.25. The lowest BCUT2D eigenvalue weighted by Crippen LogP contribution is -2.15. The number of ether oxygens (including phenoxy) is 2. The second kappa shape index (κ2) is 10.1. The van der Waals surface area contributed by atoms with Crippen LogP contribution in [0, 0.1) is 11.8 Å². The van der Waals surface area contributed by atoms with Crippen molar-refractivity contribution in [3.05, 3.63) is 0 Å². The van der Waals surface area contributed by atoms with Crippen LogP contribution in [0.3, 0.4) is 0 Å². The fraction of sp³-hybridized carbons (Fsp3) is 0.833. The van der Waals surface area contributed by atoms with Crippen LogP contribution < -0.4 is 0 Å². The molecule has 0 heterocycles. The highest BCUT2D eigenvalue weighted by molar-refractivity contribution is 7.47. The SMILES string of the molecule is CCP(OCOC(=O)C(C)C)OCOC(=O)C(C)C. The monoisotopic (exact) mass is 294 g/mol. The summed E-state index contributed by atoms with van der Waals surface area (Å²) in [5.74, 6) is -1.02. The first-order chi connectivity index (χ1) is 8.88. The van der Waals surface area contributed by atoms with Gasteiger partial charge in [0.15, 0.2) is 22.0 Å². The van der Waals surface area contributed by atoms with Gasteiger partial charge in [0, 0.05) is 6.16 Å². The van der Waals surface area contributed by atoms with Crippen molar-refractivity contribution in [2.45, 2.75) is 34.6 Å². The molecule has 0 saturated carbocycles. The van der Waals surface area contributed by atoms with E-state index in [4.69, 9.17) is 18.5 Å². The zero-order valence-corrected chi connectivity index (χ0v) is 13.1. The summed E-state index contributed by atoms with van der Waals surface area (Å²) >= 11 is 0. The molecular formula is C12H23O6P. The Morgan fingerprint density at radius 2 is 1.26 bits per heavy atom. The van der Waals surface area contributed by atoms with Crippen molar-refractivity contribution in [2.24, 2.45) is 11.8 Å². The highest BCUT2D eigenvalue weighted by Gasteiger charge is 2.13. The summed E-state index contributed by atoms with van der Waals surface area (Å²) in [7, 11) is -1.21. The fourth-order valence-corrected chi connectivity index (χ4v) is 1.62. The molecule has 0 atom stereocenters. The zero-order chi connectivity index (χ0) is 14.8. The lowest BCUT2D eigenvalue weighted by molar-refractivity contribution is -0.155. The molecule has 0 aromatic heterocycles. The van der Waals surface area contributed by atoms with Crippen molar-refractivity contribution < 1.29 is 28.1 Å². The minimum atomic E-state index is -1.21. The van der Waals surface area contributed by atoms with Gasteiger partial charge in [-0.2, -0.15) is 0 Å². The molecule has 112 valence electrons. The summed E-state index contributed by atoms with van der Waals surface area (Å²) in [6.45, 7) is 8.56. The van der Waals surface area contributed by atoms with E-state index in [0.717, 1.165) is 0 Å². The molecule has 0 fully saturated rings. The highest BCUT2D eigenvalue weighted by atomic mass is 31.2. The third kappa shape index (κ3) is 8.92. The van der Waals surface area contributed by atoms with Gasteiger partial charge in [-0.1, -0.05) is 34.6 Å². The number of hydrogen-bond donors (Lipinski definition) is 0. The zero-order valence-electron chi connectivity index (χ0n) is 12.2. The molecule has 0 aliphatic heterocycles. The number of carbonyl (C=O) groups excluding carboxylic acids is 2. The quantitative estimate of drug-likeness (QED) is 0.370. The van der Waals surface area contributed by atoms with Gasteiger partial charge in [-0.3, -0.25) is 18.6 Å². The molecule has 6 nitrogen and oxygen atoms in total. The van der Waals surface area contributed by atoms with Crippen LogP contribution in [0.15, 0.2) is 0 Å². The molecule has 0 aromatic rings. The van der Waals surface area contributed by atoms with Crippen LogP contribution in [-0.4, -0.2) is 31.7 Å². The molecule has 0 radical (unpaired) electrons. The molecule has 0 saturated heterocycles. The van der Waals surface area contributed by atoms with Crippen molar-refractivity contribution in [2.75, 3.05) is 19.7 Å². The van der Waals surface area contributed by atoms with E-state index < -0.39 is 8.38 Å². The summed E-state index contributed by atoms with van der Waals surface area (Å²) in [4.78, 5) is 22.4. The first kappa shape index (κ1) is 18.3. The van der Waals surface area contributed by atoms with Gasteiger partial charge in [-0.15, -0.1) is 0 Å². The summed E-state index contributed by atoms with van der Waals surface area (Å²) in [6, 6.07) is 0. The number of carbonyl (C=O) groups is 2. The van der Waals surface area contributed by atoms with Gasteiger partial charge in [0.2, 0.25) is 0 Å². The highest BCUT2D eigenvalue weighted by Crippen LogP contribution is 2.37. The van der Waals surface area contributed by atoms with Gasteiger partial charge in [0.25, 0.3) is 0 Å². The molecule has 0 amide bonds. The van der Waals surface area contributed by atoms with Gasteiger partial charge in [-0.05, 0) is 0 Å².